The Hall–Kier alpha value is -1.26. The van der Waals surface area contributed by atoms with Crippen molar-refractivity contribution >= 4 is 11.4 Å². The van der Waals surface area contributed by atoms with Crippen LogP contribution in [0, 0.1) is 12.3 Å². The number of nitrogens with zero attached hydrogens (tertiary/aromatic N) is 1. The lowest BCUT2D eigenvalue weighted by Crippen LogP contribution is -3.00. The van der Waals surface area contributed by atoms with Crippen molar-refractivity contribution in [1.29, 1.82) is 0 Å². The molecule has 0 saturated carbocycles. The van der Waals surface area contributed by atoms with Crippen LogP contribution in [-0.2, 0) is 5.41 Å². The summed E-state index contributed by atoms with van der Waals surface area (Å²) in [5, 5.41) is 0. The predicted octanol–water partition coefficient (Wildman–Crippen LogP) is -0.280. The lowest BCUT2D eigenvalue weighted by molar-refractivity contribution is -0.424. The van der Waals surface area contributed by atoms with E-state index in [0.717, 1.165) is 0 Å². The summed E-state index contributed by atoms with van der Waals surface area (Å²) in [7, 11) is 0. The Morgan fingerprint density at radius 1 is 1.31 bits per heavy atom. The quantitative estimate of drug-likeness (QED) is 0.464. The van der Waals surface area contributed by atoms with Crippen molar-refractivity contribution in [1.82, 2.24) is 0 Å². The maximum atomic E-state index is 5.41. The van der Waals surface area contributed by atoms with Gasteiger partial charge in [-0.2, -0.15) is 4.58 Å². The van der Waals surface area contributed by atoms with Crippen LogP contribution in [0.25, 0.3) is 0 Å². The molecule has 0 saturated heterocycles. The first-order valence-electron chi connectivity index (χ1n) is 5.23. The number of terminal acetylenes is 1. The highest BCUT2D eigenvalue weighted by atomic mass is 35.5. The number of rotatable bonds is 1. The number of para-hydroxylation sites is 1. The molecule has 0 amide bonds. The molecule has 2 rings (SSSR count). The van der Waals surface area contributed by atoms with Crippen molar-refractivity contribution in [2.24, 2.45) is 0 Å². The van der Waals surface area contributed by atoms with Gasteiger partial charge in [-0.1, -0.05) is 18.2 Å². The van der Waals surface area contributed by atoms with Crippen LogP contribution in [0.1, 0.15) is 26.3 Å². The summed E-state index contributed by atoms with van der Waals surface area (Å²) in [4.78, 5) is 0. The molecule has 0 aliphatic carbocycles. The highest BCUT2D eigenvalue weighted by Crippen LogP contribution is 2.38. The van der Waals surface area contributed by atoms with Crippen molar-refractivity contribution in [2.45, 2.75) is 26.2 Å². The second-order valence-corrected chi connectivity index (χ2v) is 4.52. The van der Waals surface area contributed by atoms with E-state index in [-0.39, 0.29) is 17.8 Å². The van der Waals surface area contributed by atoms with E-state index in [0.29, 0.717) is 6.54 Å². The summed E-state index contributed by atoms with van der Waals surface area (Å²) < 4.78 is 2.23. The summed E-state index contributed by atoms with van der Waals surface area (Å²) in [6.07, 6.45) is 5.41. The fourth-order valence-corrected chi connectivity index (χ4v) is 2.25. The minimum atomic E-state index is 0. The van der Waals surface area contributed by atoms with Gasteiger partial charge in [0.2, 0.25) is 12.2 Å². The molecule has 0 radical (unpaired) electrons. The molecular weight excluding hydrogens is 218 g/mol. The molecule has 84 valence electrons. The largest absolute Gasteiger partial charge is 1.00 e. The van der Waals surface area contributed by atoms with Gasteiger partial charge >= 0.3 is 0 Å². The summed E-state index contributed by atoms with van der Waals surface area (Å²) in [5.41, 5.74) is 4.07. The molecule has 1 aromatic carbocycles. The van der Waals surface area contributed by atoms with Crippen LogP contribution in [-0.4, -0.2) is 16.8 Å². The van der Waals surface area contributed by atoms with Crippen LogP contribution in [0.15, 0.2) is 24.3 Å². The van der Waals surface area contributed by atoms with E-state index in [2.05, 4.69) is 55.5 Å². The first kappa shape index (κ1) is 12.8. The normalized spacial score (nSPS) is 16.4. The lowest BCUT2D eigenvalue weighted by atomic mass is 9.82. The smallest absolute Gasteiger partial charge is 0.210 e. The first-order valence-corrected chi connectivity index (χ1v) is 5.23. The minimum absolute atomic E-state index is 0. The first-order chi connectivity index (χ1) is 7.09. The zero-order chi connectivity index (χ0) is 11.1. The highest BCUT2D eigenvalue weighted by molar-refractivity contribution is 5.93. The summed E-state index contributed by atoms with van der Waals surface area (Å²) in [5.74, 6) is 2.72. The highest BCUT2D eigenvalue weighted by Gasteiger charge is 2.42. The van der Waals surface area contributed by atoms with Gasteiger partial charge < -0.3 is 12.4 Å². The molecule has 1 nitrogen and oxygen atoms in total. The van der Waals surface area contributed by atoms with Gasteiger partial charge in [0.15, 0.2) is 5.71 Å². The lowest BCUT2D eigenvalue weighted by Gasteiger charge is -2.14. The molecule has 0 spiro atoms. The van der Waals surface area contributed by atoms with E-state index in [1.165, 1.54) is 17.0 Å². The van der Waals surface area contributed by atoms with Gasteiger partial charge in [-0.25, -0.2) is 0 Å². The van der Waals surface area contributed by atoms with Crippen molar-refractivity contribution in [3.8, 4) is 12.3 Å². The van der Waals surface area contributed by atoms with Crippen LogP contribution < -0.4 is 12.4 Å². The van der Waals surface area contributed by atoms with Crippen molar-refractivity contribution in [3.63, 3.8) is 0 Å². The van der Waals surface area contributed by atoms with Crippen LogP contribution in [0.3, 0.4) is 0 Å². The average Bonchev–Trinajstić information content (AvgIpc) is 2.42. The fraction of sp³-hybridized carbons (Fsp3) is 0.357. The third kappa shape index (κ3) is 1.64. The predicted molar refractivity (Wildman–Crippen MR) is 63.8 cm³/mol. The summed E-state index contributed by atoms with van der Waals surface area (Å²) in [6.45, 7) is 7.32. The van der Waals surface area contributed by atoms with Crippen molar-refractivity contribution < 1.29 is 17.0 Å². The maximum absolute atomic E-state index is 5.41. The van der Waals surface area contributed by atoms with E-state index in [1.807, 2.05) is 0 Å². The topological polar surface area (TPSA) is 3.01 Å². The Bertz CT molecular complexity index is 478. The second-order valence-electron chi connectivity index (χ2n) is 4.52. The Kier molecular flexibility index (Phi) is 3.45. The maximum Gasteiger partial charge on any atom is 0.210 e. The molecule has 16 heavy (non-hydrogen) atoms. The number of hydrogen-bond acceptors (Lipinski definition) is 0. The molecule has 0 N–H and O–H groups in total. The number of halogens is 1. The molecule has 0 fully saturated rings. The molecule has 0 unspecified atom stereocenters. The zero-order valence-corrected chi connectivity index (χ0v) is 10.7. The van der Waals surface area contributed by atoms with Gasteiger partial charge in [0.25, 0.3) is 0 Å². The Morgan fingerprint density at radius 3 is 2.56 bits per heavy atom. The number of benzene rings is 1. The Morgan fingerprint density at radius 2 is 1.94 bits per heavy atom. The van der Waals surface area contributed by atoms with Crippen molar-refractivity contribution in [2.75, 3.05) is 6.54 Å². The standard InChI is InChI=1S/C14H16N.ClH/c1-5-10-15-11(2)14(3,4)12-8-6-7-9-13(12)15;/h1,6-9H,10H2,2-4H3;1H/q+1;/p-1. The van der Waals surface area contributed by atoms with Gasteiger partial charge in [-0.3, -0.25) is 0 Å². The average molecular weight is 234 g/mol. The van der Waals surface area contributed by atoms with Gasteiger partial charge in [-0.15, -0.1) is 6.42 Å². The number of fused-ring (bicyclic) bond motifs is 1. The Labute approximate surface area is 104 Å². The molecule has 0 aromatic heterocycles. The molecule has 2 heteroatoms. The molecule has 1 aliphatic heterocycles. The summed E-state index contributed by atoms with van der Waals surface area (Å²) >= 11 is 0. The number of hydrogen-bond donors (Lipinski definition) is 0. The van der Waals surface area contributed by atoms with Crippen molar-refractivity contribution in [3.05, 3.63) is 29.8 Å². The Balaban J connectivity index is 0.00000128. The van der Waals surface area contributed by atoms with E-state index >= 15 is 0 Å². The third-order valence-electron chi connectivity index (χ3n) is 3.43. The minimum Gasteiger partial charge on any atom is -1.00 e. The third-order valence-corrected chi connectivity index (χ3v) is 3.43. The SMILES string of the molecule is C#CC[N+]1=C(C)C(C)(C)c2ccccc21.[Cl-]. The zero-order valence-electron chi connectivity index (χ0n) is 9.92. The fourth-order valence-electron chi connectivity index (χ4n) is 2.25. The van der Waals surface area contributed by atoms with Crippen LogP contribution in [0.5, 0.6) is 0 Å². The van der Waals surface area contributed by atoms with Gasteiger partial charge in [0.1, 0.15) is 0 Å². The molecule has 1 aliphatic rings. The van der Waals surface area contributed by atoms with E-state index in [1.54, 1.807) is 0 Å². The van der Waals surface area contributed by atoms with E-state index < -0.39 is 0 Å². The second kappa shape index (κ2) is 4.31. The van der Waals surface area contributed by atoms with Crippen LogP contribution >= 0.6 is 0 Å². The van der Waals surface area contributed by atoms with E-state index in [4.69, 9.17) is 6.42 Å². The van der Waals surface area contributed by atoms with Gasteiger partial charge in [-0.05, 0) is 19.8 Å². The molecule has 0 atom stereocenters. The van der Waals surface area contributed by atoms with Crippen LogP contribution in [0.2, 0.25) is 0 Å². The van der Waals surface area contributed by atoms with E-state index in [9.17, 15) is 0 Å². The molecule has 1 aromatic rings. The molecule has 1 heterocycles. The van der Waals surface area contributed by atoms with Gasteiger partial charge in [0.05, 0.1) is 5.41 Å². The van der Waals surface area contributed by atoms with Crippen LogP contribution in [0.4, 0.5) is 5.69 Å². The monoisotopic (exact) mass is 233 g/mol. The molecular formula is C14H16ClN. The summed E-state index contributed by atoms with van der Waals surface area (Å²) in [6, 6.07) is 8.49. The molecule has 0 bridgehead atoms. The van der Waals surface area contributed by atoms with Gasteiger partial charge in [0, 0.05) is 18.6 Å².